The summed E-state index contributed by atoms with van der Waals surface area (Å²) in [7, 11) is -3.72. The second kappa shape index (κ2) is 8.06. The Kier molecular flexibility index (Phi) is 5.92. The van der Waals surface area contributed by atoms with Crippen LogP contribution in [0.25, 0.3) is 0 Å². The molecule has 28 heavy (non-hydrogen) atoms. The highest BCUT2D eigenvalue weighted by molar-refractivity contribution is 8.14. The second-order valence-corrected chi connectivity index (χ2v) is 9.46. The molecule has 1 saturated heterocycles. The molecule has 0 bridgehead atoms. The van der Waals surface area contributed by atoms with Crippen molar-refractivity contribution >= 4 is 38.8 Å². The molecule has 0 aromatic heterocycles. The maximum absolute atomic E-state index is 12.4. The van der Waals surface area contributed by atoms with E-state index in [2.05, 4.69) is 16.4 Å². The van der Waals surface area contributed by atoms with Gasteiger partial charge in [-0.1, -0.05) is 36.9 Å². The average molecular weight is 423 g/mol. The van der Waals surface area contributed by atoms with Gasteiger partial charge in [0.2, 0.25) is 21.8 Å². The van der Waals surface area contributed by atoms with E-state index in [1.54, 1.807) is 4.90 Å². The molecule has 1 aromatic carbocycles. The quantitative estimate of drug-likeness (QED) is 0.780. The van der Waals surface area contributed by atoms with Crippen LogP contribution >= 0.6 is 11.8 Å². The highest BCUT2D eigenvalue weighted by Crippen LogP contribution is 2.46. The molecule has 0 saturated carbocycles. The predicted molar refractivity (Wildman–Crippen MR) is 108 cm³/mol. The number of nitrogens with one attached hydrogen (secondary N) is 1. The number of likely N-dealkylation sites (tertiary alicyclic amines) is 1. The number of amides is 2. The minimum Gasteiger partial charge on any atom is -0.290 e. The number of nitrogens with zero attached hydrogens (tertiary/aromatic N) is 3. The number of hydrazone groups is 1. The third-order valence-corrected chi connectivity index (χ3v) is 6.96. The lowest BCUT2D eigenvalue weighted by Crippen LogP contribution is -2.48. The number of thioether (sulfide) groups is 1. The molecule has 1 aromatic rings. The molecular formula is C18H22N4O4S2. The summed E-state index contributed by atoms with van der Waals surface area (Å²) in [4.78, 5) is 25.3. The third-order valence-electron chi connectivity index (χ3n) is 4.60. The lowest BCUT2D eigenvalue weighted by molar-refractivity contribution is -0.132. The second-order valence-electron chi connectivity index (χ2n) is 6.50. The highest BCUT2D eigenvalue weighted by Gasteiger charge is 2.50. The highest BCUT2D eigenvalue weighted by atomic mass is 32.2. The molecule has 2 amide bonds. The molecule has 150 valence electrons. The van der Waals surface area contributed by atoms with Crippen molar-refractivity contribution < 1.29 is 18.0 Å². The number of amidine groups is 1. The number of rotatable bonds is 5. The van der Waals surface area contributed by atoms with Crippen molar-refractivity contribution in [1.29, 1.82) is 0 Å². The molecule has 1 fully saturated rings. The lowest BCUT2D eigenvalue weighted by atomic mass is 10.1. The fraction of sp³-hybridized carbons (Fsp3) is 0.389. The number of piperidine rings is 1. The van der Waals surface area contributed by atoms with E-state index in [0.717, 1.165) is 18.2 Å². The number of hydrogen-bond donors (Lipinski definition) is 1. The Labute approximate surface area is 168 Å². The van der Waals surface area contributed by atoms with Crippen LogP contribution in [0.1, 0.15) is 31.7 Å². The molecule has 1 atom stereocenters. The van der Waals surface area contributed by atoms with Gasteiger partial charge in [-0.3, -0.25) is 14.5 Å². The van der Waals surface area contributed by atoms with Crippen LogP contribution in [-0.2, 0) is 24.5 Å². The van der Waals surface area contributed by atoms with Crippen LogP contribution in [0.5, 0.6) is 0 Å². The Balaban J connectivity index is 2.03. The Bertz CT molecular complexity index is 917. The van der Waals surface area contributed by atoms with Crippen molar-refractivity contribution in [1.82, 2.24) is 14.6 Å². The summed E-state index contributed by atoms with van der Waals surface area (Å²) in [6.07, 6.45) is 2.11. The first-order valence-corrected chi connectivity index (χ1v) is 11.2. The van der Waals surface area contributed by atoms with E-state index < -0.39 is 14.9 Å². The first-order valence-electron chi connectivity index (χ1n) is 8.85. The minimum absolute atomic E-state index is 0.0449. The van der Waals surface area contributed by atoms with Gasteiger partial charge >= 0.3 is 0 Å². The van der Waals surface area contributed by atoms with Gasteiger partial charge in [-0.2, -0.15) is 0 Å². The molecule has 0 spiro atoms. The van der Waals surface area contributed by atoms with Gasteiger partial charge < -0.3 is 0 Å². The van der Waals surface area contributed by atoms with E-state index in [1.807, 2.05) is 30.3 Å². The molecule has 0 aliphatic carbocycles. The first kappa shape index (κ1) is 20.6. The fourth-order valence-electron chi connectivity index (χ4n) is 3.17. The third kappa shape index (κ3) is 3.98. The van der Waals surface area contributed by atoms with Gasteiger partial charge in [0.25, 0.3) is 0 Å². The van der Waals surface area contributed by atoms with E-state index in [-0.39, 0.29) is 18.4 Å². The molecule has 1 unspecified atom stereocenters. The zero-order valence-corrected chi connectivity index (χ0v) is 17.1. The van der Waals surface area contributed by atoms with Crippen molar-refractivity contribution in [3.63, 3.8) is 0 Å². The minimum atomic E-state index is -3.72. The molecular weight excluding hydrogens is 400 g/mol. The molecule has 8 nitrogen and oxygen atoms in total. The van der Waals surface area contributed by atoms with E-state index >= 15 is 0 Å². The molecule has 2 heterocycles. The summed E-state index contributed by atoms with van der Waals surface area (Å²) in [6, 6.07) is 9.06. The van der Waals surface area contributed by atoms with Crippen molar-refractivity contribution in [2.24, 2.45) is 5.10 Å². The van der Waals surface area contributed by atoms with Crippen molar-refractivity contribution in [2.45, 2.75) is 31.1 Å². The van der Waals surface area contributed by atoms with Gasteiger partial charge in [-0.15, -0.1) is 5.10 Å². The zero-order chi connectivity index (χ0) is 20.4. The molecule has 1 N–H and O–H groups in total. The molecule has 0 radical (unpaired) electrons. The Hall–Kier alpha value is -2.17. The summed E-state index contributed by atoms with van der Waals surface area (Å²) in [6.45, 7) is 5.08. The molecule has 10 heteroatoms. The van der Waals surface area contributed by atoms with Crippen LogP contribution in [0.3, 0.4) is 0 Å². The van der Waals surface area contributed by atoms with Crippen molar-refractivity contribution in [2.75, 3.05) is 13.1 Å². The smallest absolute Gasteiger partial charge is 0.241 e. The van der Waals surface area contributed by atoms with Gasteiger partial charge in [-0.25, -0.2) is 18.1 Å². The molecule has 2 aliphatic heterocycles. The van der Waals surface area contributed by atoms with Gasteiger partial charge in [-0.05, 0) is 30.2 Å². The van der Waals surface area contributed by atoms with Crippen LogP contribution < -0.4 is 4.72 Å². The topological polar surface area (TPSA) is 99.2 Å². The summed E-state index contributed by atoms with van der Waals surface area (Å²) < 4.78 is 26.5. The predicted octanol–water partition coefficient (Wildman–Crippen LogP) is 1.78. The Morgan fingerprint density at radius 1 is 1.36 bits per heavy atom. The van der Waals surface area contributed by atoms with Crippen LogP contribution in [0.15, 0.2) is 47.4 Å². The SMILES string of the molecule is C=CS(=O)(=O)NCC1(c2ccccc2)SC(N2CCCCC2=O)=NN1C(C)=O. The summed E-state index contributed by atoms with van der Waals surface area (Å²) in [5.41, 5.74) is 0.699. The van der Waals surface area contributed by atoms with Crippen LogP contribution in [0.4, 0.5) is 0 Å². The summed E-state index contributed by atoms with van der Waals surface area (Å²) >= 11 is 1.21. The zero-order valence-electron chi connectivity index (χ0n) is 15.5. The van der Waals surface area contributed by atoms with Crippen molar-refractivity contribution in [3.05, 3.63) is 47.9 Å². The summed E-state index contributed by atoms with van der Waals surface area (Å²) in [5.74, 6) is -0.398. The number of benzene rings is 1. The first-order chi connectivity index (χ1) is 13.3. The number of hydrogen-bond acceptors (Lipinski definition) is 6. The van der Waals surface area contributed by atoms with Gasteiger partial charge in [0.05, 0.1) is 6.54 Å². The normalized spacial score (nSPS) is 22.9. The van der Waals surface area contributed by atoms with E-state index in [0.29, 0.717) is 23.7 Å². The van der Waals surface area contributed by atoms with E-state index in [4.69, 9.17) is 0 Å². The monoisotopic (exact) mass is 422 g/mol. The van der Waals surface area contributed by atoms with Gasteiger partial charge in [0, 0.05) is 25.3 Å². The van der Waals surface area contributed by atoms with Crippen LogP contribution in [0, 0.1) is 0 Å². The number of sulfonamides is 1. The fourth-order valence-corrected chi connectivity index (χ4v) is 5.17. The van der Waals surface area contributed by atoms with Crippen molar-refractivity contribution in [3.8, 4) is 0 Å². The lowest BCUT2D eigenvalue weighted by Gasteiger charge is -2.35. The number of carbonyl (C=O) groups excluding carboxylic acids is 2. The largest absolute Gasteiger partial charge is 0.290 e. The van der Waals surface area contributed by atoms with Crippen LogP contribution in [0.2, 0.25) is 0 Å². The molecule has 2 aliphatic rings. The summed E-state index contributed by atoms with van der Waals surface area (Å²) in [5, 5.41) is 6.91. The van der Waals surface area contributed by atoms with Crippen LogP contribution in [-0.4, -0.2) is 48.4 Å². The average Bonchev–Trinajstić information content (AvgIpc) is 3.09. The standard InChI is InChI=1S/C18H22N4O4S2/c1-3-28(25,26)19-13-18(15-9-5-4-6-10-15)22(14(2)23)20-17(27-18)21-12-8-7-11-16(21)24/h3-6,9-10,19H,1,7-8,11-13H2,2H3. The van der Waals surface area contributed by atoms with Gasteiger partial charge in [0.1, 0.15) is 0 Å². The maximum Gasteiger partial charge on any atom is 0.241 e. The Morgan fingerprint density at radius 2 is 2.07 bits per heavy atom. The van der Waals surface area contributed by atoms with E-state index in [1.165, 1.54) is 23.7 Å². The Morgan fingerprint density at radius 3 is 2.68 bits per heavy atom. The van der Waals surface area contributed by atoms with Gasteiger partial charge in [0.15, 0.2) is 10.0 Å². The maximum atomic E-state index is 12.4. The molecule has 3 rings (SSSR count). The van der Waals surface area contributed by atoms with E-state index in [9.17, 15) is 18.0 Å². The number of carbonyl (C=O) groups is 2.